The van der Waals surface area contributed by atoms with Crippen molar-refractivity contribution in [3.05, 3.63) is 53.9 Å². The fourth-order valence-corrected chi connectivity index (χ4v) is 2.38. The number of nitrogens with one attached hydrogen (secondary N) is 1. The molecule has 116 valence electrons. The van der Waals surface area contributed by atoms with E-state index in [1.807, 2.05) is 0 Å². The van der Waals surface area contributed by atoms with E-state index in [4.69, 9.17) is 9.47 Å². The lowest BCUT2D eigenvalue weighted by Crippen LogP contribution is -2.23. The SMILES string of the molecule is c1cnc(NCc2ccc(COC3CCOCC3)cc2)nc1. The summed E-state index contributed by atoms with van der Waals surface area (Å²) in [7, 11) is 0. The third kappa shape index (κ3) is 4.51. The summed E-state index contributed by atoms with van der Waals surface area (Å²) in [5, 5.41) is 3.20. The Labute approximate surface area is 130 Å². The maximum atomic E-state index is 5.92. The zero-order valence-corrected chi connectivity index (χ0v) is 12.6. The molecule has 0 aliphatic carbocycles. The summed E-state index contributed by atoms with van der Waals surface area (Å²) in [6.45, 7) is 3.01. The maximum absolute atomic E-state index is 5.92. The first-order chi connectivity index (χ1) is 10.9. The van der Waals surface area contributed by atoms with E-state index in [0.717, 1.165) is 26.1 Å². The second-order valence-corrected chi connectivity index (χ2v) is 5.37. The molecule has 0 unspecified atom stereocenters. The van der Waals surface area contributed by atoms with Crippen LogP contribution >= 0.6 is 0 Å². The summed E-state index contributed by atoms with van der Waals surface area (Å²) in [5.74, 6) is 0.648. The van der Waals surface area contributed by atoms with Crippen LogP contribution in [-0.2, 0) is 22.6 Å². The van der Waals surface area contributed by atoms with Crippen molar-refractivity contribution in [3.63, 3.8) is 0 Å². The van der Waals surface area contributed by atoms with Crippen molar-refractivity contribution in [2.75, 3.05) is 18.5 Å². The third-order valence-corrected chi connectivity index (χ3v) is 3.69. The Morgan fingerprint density at radius 2 is 1.73 bits per heavy atom. The molecule has 2 heterocycles. The van der Waals surface area contributed by atoms with E-state index in [1.165, 1.54) is 11.1 Å². The molecule has 0 atom stereocenters. The standard InChI is InChI=1S/C17H21N3O2/c1-8-18-17(19-9-1)20-12-14-2-4-15(5-3-14)13-22-16-6-10-21-11-7-16/h1-5,8-9,16H,6-7,10-13H2,(H,18,19,20). The normalized spacial score (nSPS) is 15.6. The van der Waals surface area contributed by atoms with Gasteiger partial charge >= 0.3 is 0 Å². The van der Waals surface area contributed by atoms with Crippen LogP contribution in [0.5, 0.6) is 0 Å². The third-order valence-electron chi connectivity index (χ3n) is 3.69. The number of aromatic nitrogens is 2. The highest BCUT2D eigenvalue weighted by Gasteiger charge is 2.13. The van der Waals surface area contributed by atoms with Gasteiger partial charge in [-0.1, -0.05) is 24.3 Å². The van der Waals surface area contributed by atoms with E-state index >= 15 is 0 Å². The van der Waals surface area contributed by atoms with Gasteiger partial charge in [0.2, 0.25) is 5.95 Å². The first-order valence-corrected chi connectivity index (χ1v) is 7.68. The Balaban J connectivity index is 1.45. The molecule has 1 N–H and O–H groups in total. The second kappa shape index (κ2) is 7.87. The Kier molecular flexibility index (Phi) is 5.34. The van der Waals surface area contributed by atoms with Gasteiger partial charge in [0.1, 0.15) is 0 Å². The zero-order valence-electron chi connectivity index (χ0n) is 12.6. The Bertz CT molecular complexity index is 554. The van der Waals surface area contributed by atoms with Gasteiger partial charge in [-0.2, -0.15) is 0 Å². The zero-order chi connectivity index (χ0) is 15.0. The van der Waals surface area contributed by atoms with Gasteiger partial charge in [0, 0.05) is 32.2 Å². The Morgan fingerprint density at radius 1 is 1.05 bits per heavy atom. The number of benzene rings is 1. The largest absolute Gasteiger partial charge is 0.381 e. The van der Waals surface area contributed by atoms with Crippen molar-refractivity contribution in [1.29, 1.82) is 0 Å². The molecule has 1 fully saturated rings. The van der Waals surface area contributed by atoms with Gasteiger partial charge in [0.05, 0.1) is 12.7 Å². The summed E-state index contributed by atoms with van der Waals surface area (Å²) in [5.41, 5.74) is 2.40. The van der Waals surface area contributed by atoms with E-state index in [9.17, 15) is 0 Å². The molecule has 1 aromatic carbocycles. The fraction of sp³-hybridized carbons (Fsp3) is 0.412. The minimum absolute atomic E-state index is 0.338. The molecule has 0 bridgehead atoms. The lowest BCUT2D eigenvalue weighted by molar-refractivity contribution is -0.0390. The van der Waals surface area contributed by atoms with E-state index in [-0.39, 0.29) is 0 Å². The van der Waals surface area contributed by atoms with Gasteiger partial charge in [0.25, 0.3) is 0 Å². The van der Waals surface area contributed by atoms with Crippen molar-refractivity contribution in [3.8, 4) is 0 Å². The van der Waals surface area contributed by atoms with E-state index in [2.05, 4.69) is 39.6 Å². The molecule has 22 heavy (non-hydrogen) atoms. The van der Waals surface area contributed by atoms with Gasteiger partial charge in [-0.05, 0) is 30.0 Å². The quantitative estimate of drug-likeness (QED) is 0.889. The average molecular weight is 299 g/mol. The molecule has 0 saturated carbocycles. The first-order valence-electron chi connectivity index (χ1n) is 7.68. The monoisotopic (exact) mass is 299 g/mol. The molecule has 1 aromatic heterocycles. The van der Waals surface area contributed by atoms with Crippen LogP contribution in [0.15, 0.2) is 42.7 Å². The molecular weight excluding hydrogens is 278 g/mol. The summed E-state index contributed by atoms with van der Waals surface area (Å²) >= 11 is 0. The van der Waals surface area contributed by atoms with Crippen LogP contribution in [0.2, 0.25) is 0 Å². The van der Waals surface area contributed by atoms with Crippen LogP contribution in [0.25, 0.3) is 0 Å². The maximum Gasteiger partial charge on any atom is 0.222 e. The molecule has 2 aromatic rings. The van der Waals surface area contributed by atoms with E-state index < -0.39 is 0 Å². The molecule has 0 amide bonds. The lowest BCUT2D eigenvalue weighted by Gasteiger charge is -2.22. The molecule has 1 aliphatic rings. The fourth-order valence-electron chi connectivity index (χ4n) is 2.38. The van der Waals surface area contributed by atoms with Gasteiger partial charge in [-0.3, -0.25) is 0 Å². The van der Waals surface area contributed by atoms with Crippen LogP contribution in [0.1, 0.15) is 24.0 Å². The predicted molar refractivity (Wildman–Crippen MR) is 84.4 cm³/mol. The summed E-state index contributed by atoms with van der Waals surface area (Å²) in [6, 6.07) is 10.3. The van der Waals surface area contributed by atoms with Gasteiger partial charge in [0.15, 0.2) is 0 Å². The average Bonchev–Trinajstić information content (AvgIpc) is 2.61. The van der Waals surface area contributed by atoms with Crippen LogP contribution in [0.4, 0.5) is 5.95 Å². The number of nitrogens with zero attached hydrogens (tertiary/aromatic N) is 2. The Hall–Kier alpha value is -1.98. The minimum atomic E-state index is 0.338. The lowest BCUT2D eigenvalue weighted by atomic mass is 10.1. The minimum Gasteiger partial charge on any atom is -0.381 e. The predicted octanol–water partition coefficient (Wildman–Crippen LogP) is 2.78. The van der Waals surface area contributed by atoms with Crippen molar-refractivity contribution in [2.24, 2.45) is 0 Å². The van der Waals surface area contributed by atoms with Crippen LogP contribution < -0.4 is 5.32 Å². The first kappa shape index (κ1) is 14.9. The van der Waals surface area contributed by atoms with E-state index in [1.54, 1.807) is 18.5 Å². The van der Waals surface area contributed by atoms with Gasteiger partial charge in [-0.15, -0.1) is 0 Å². The second-order valence-electron chi connectivity index (χ2n) is 5.37. The van der Waals surface area contributed by atoms with Crippen molar-refractivity contribution in [2.45, 2.75) is 32.1 Å². The smallest absolute Gasteiger partial charge is 0.222 e. The van der Waals surface area contributed by atoms with Crippen LogP contribution in [0.3, 0.4) is 0 Å². The highest BCUT2D eigenvalue weighted by atomic mass is 16.5. The van der Waals surface area contributed by atoms with Gasteiger partial charge < -0.3 is 14.8 Å². The number of rotatable bonds is 6. The van der Waals surface area contributed by atoms with Crippen LogP contribution in [-0.4, -0.2) is 29.3 Å². The van der Waals surface area contributed by atoms with Gasteiger partial charge in [-0.25, -0.2) is 9.97 Å². The summed E-state index contributed by atoms with van der Waals surface area (Å²) < 4.78 is 11.3. The van der Waals surface area contributed by atoms with E-state index in [0.29, 0.717) is 25.2 Å². The molecule has 1 saturated heterocycles. The van der Waals surface area contributed by atoms with Crippen molar-refractivity contribution < 1.29 is 9.47 Å². The molecule has 0 spiro atoms. The van der Waals surface area contributed by atoms with Crippen molar-refractivity contribution in [1.82, 2.24) is 9.97 Å². The summed E-state index contributed by atoms with van der Waals surface area (Å²) in [4.78, 5) is 8.28. The molecule has 0 radical (unpaired) electrons. The molecular formula is C17H21N3O2. The highest BCUT2D eigenvalue weighted by Crippen LogP contribution is 2.14. The molecule has 1 aliphatic heterocycles. The summed E-state index contributed by atoms with van der Waals surface area (Å²) in [6.07, 6.45) is 5.79. The molecule has 5 heteroatoms. The topological polar surface area (TPSA) is 56.3 Å². The van der Waals surface area contributed by atoms with Crippen molar-refractivity contribution >= 4 is 5.95 Å². The Morgan fingerprint density at radius 3 is 2.45 bits per heavy atom. The number of anilines is 1. The highest BCUT2D eigenvalue weighted by molar-refractivity contribution is 5.28. The molecule has 5 nitrogen and oxygen atoms in total. The van der Waals surface area contributed by atoms with Crippen LogP contribution in [0, 0.1) is 0 Å². The number of ether oxygens (including phenoxy) is 2. The number of hydrogen-bond acceptors (Lipinski definition) is 5. The number of hydrogen-bond donors (Lipinski definition) is 1. The molecule has 3 rings (SSSR count).